The van der Waals surface area contributed by atoms with E-state index < -0.39 is 0 Å². The van der Waals surface area contributed by atoms with Crippen LogP contribution in [0.15, 0.2) is 36.5 Å². The number of Topliss-reactive ketones (excluding diaryl/α,β-unsaturated/α-hetero) is 2. The predicted octanol–water partition coefficient (Wildman–Crippen LogP) is 12.6. The Morgan fingerprint density at radius 1 is 0.378 bits per heavy atom. The van der Waals surface area contributed by atoms with Crippen molar-refractivity contribution in [3.8, 4) is 0 Å². The standard InChI is InChI=1S/C16H28O.C16H26O.I2.HI/c2*17-16-14-12-10-8-6-4-2-1-3-5-7-9-11-13-15-16;1-2;/h1-2H,3-15H2;1-4H,5-15H2;;1H/b;3-1-,4-2+;;. The first-order valence-corrected chi connectivity index (χ1v) is 21.2. The molecule has 0 aromatic carbocycles. The van der Waals surface area contributed by atoms with Gasteiger partial charge in [-0.15, -0.1) is 24.0 Å². The molecule has 0 N–H and O–H groups in total. The Hall–Kier alpha value is 0.750. The van der Waals surface area contributed by atoms with E-state index in [-0.39, 0.29) is 24.0 Å². The highest BCUT2D eigenvalue weighted by molar-refractivity contribution is 15.0. The van der Waals surface area contributed by atoms with Crippen molar-refractivity contribution in [3.63, 3.8) is 0 Å². The van der Waals surface area contributed by atoms with E-state index in [0.29, 0.717) is 11.6 Å². The summed E-state index contributed by atoms with van der Waals surface area (Å²) in [5.74, 6) is 0.976. The summed E-state index contributed by atoms with van der Waals surface area (Å²) in [6.07, 6.45) is 41.2. The first-order chi connectivity index (χ1) is 17.8. The summed E-state index contributed by atoms with van der Waals surface area (Å²) < 4.78 is 0. The highest BCUT2D eigenvalue weighted by atomic mass is 128. The normalized spacial score (nSPS) is 22.1. The predicted molar refractivity (Wildman–Crippen MR) is 192 cm³/mol. The SMILES string of the molecule is I.II.O=C1CCCCC/C=C/C=C\CCCCCC1.O=C1CCCCCCC=CCCCCCCC1. The average Bonchev–Trinajstić information content (AvgIpc) is 2.89. The van der Waals surface area contributed by atoms with Gasteiger partial charge in [0.25, 0.3) is 0 Å². The van der Waals surface area contributed by atoms with Crippen LogP contribution in [0.5, 0.6) is 0 Å². The third kappa shape index (κ3) is 32.9. The summed E-state index contributed by atoms with van der Waals surface area (Å²) in [7, 11) is 0. The summed E-state index contributed by atoms with van der Waals surface area (Å²) in [6.45, 7) is 0. The molecule has 0 fully saturated rings. The molecule has 0 spiro atoms. The van der Waals surface area contributed by atoms with E-state index in [1.807, 2.05) is 0 Å². The summed E-state index contributed by atoms with van der Waals surface area (Å²) in [5, 5.41) is 0. The monoisotopic (exact) mass is 852 g/mol. The van der Waals surface area contributed by atoms with Crippen LogP contribution in [0.4, 0.5) is 0 Å². The van der Waals surface area contributed by atoms with Crippen molar-refractivity contribution >= 4 is 72.8 Å². The number of rotatable bonds is 0. The number of hydrogen-bond acceptors (Lipinski definition) is 2. The van der Waals surface area contributed by atoms with Gasteiger partial charge in [-0.3, -0.25) is 9.59 Å². The van der Waals surface area contributed by atoms with E-state index in [2.05, 4.69) is 73.7 Å². The largest absolute Gasteiger partial charge is 0.300 e. The van der Waals surface area contributed by atoms with Crippen molar-refractivity contribution in [1.82, 2.24) is 0 Å². The van der Waals surface area contributed by atoms with Gasteiger partial charge in [-0.05, 0) is 77.0 Å². The van der Waals surface area contributed by atoms with Crippen molar-refractivity contribution in [3.05, 3.63) is 36.5 Å². The number of ketones is 2. The zero-order valence-electron chi connectivity index (χ0n) is 23.4. The molecule has 2 nitrogen and oxygen atoms in total. The smallest absolute Gasteiger partial charge is 0.132 e. The summed E-state index contributed by atoms with van der Waals surface area (Å²) in [6, 6.07) is 0. The maximum atomic E-state index is 11.6. The highest BCUT2D eigenvalue weighted by Crippen LogP contribution is 2.13. The molecule has 37 heavy (non-hydrogen) atoms. The van der Waals surface area contributed by atoms with Crippen LogP contribution >= 0.6 is 61.2 Å². The second-order valence-corrected chi connectivity index (χ2v) is 10.2. The van der Waals surface area contributed by atoms with Crippen molar-refractivity contribution in [2.45, 2.75) is 154 Å². The van der Waals surface area contributed by atoms with Gasteiger partial charge in [-0.2, -0.15) is 0 Å². The number of halogens is 3. The Balaban J connectivity index is 0. The number of hydrogen-bond donors (Lipinski definition) is 0. The lowest BCUT2D eigenvalue weighted by Gasteiger charge is -2.03. The molecule has 0 aromatic rings. The van der Waals surface area contributed by atoms with Crippen LogP contribution in [0, 0.1) is 0 Å². The van der Waals surface area contributed by atoms with Gasteiger partial charge in [0.2, 0.25) is 0 Å². The van der Waals surface area contributed by atoms with Crippen molar-refractivity contribution < 1.29 is 9.59 Å². The minimum absolute atomic E-state index is 0. The van der Waals surface area contributed by atoms with E-state index in [9.17, 15) is 9.59 Å². The molecule has 0 aliphatic heterocycles. The molecule has 0 amide bonds. The van der Waals surface area contributed by atoms with Crippen molar-refractivity contribution in [2.75, 3.05) is 0 Å². The fourth-order valence-corrected chi connectivity index (χ4v) is 4.59. The van der Waals surface area contributed by atoms with Gasteiger partial charge in [0.15, 0.2) is 0 Å². The molecule has 2 aliphatic rings. The fraction of sp³-hybridized carbons (Fsp3) is 0.750. The molecule has 0 unspecified atom stereocenters. The van der Waals surface area contributed by atoms with Gasteiger partial charge >= 0.3 is 0 Å². The average molecular weight is 853 g/mol. The van der Waals surface area contributed by atoms with E-state index >= 15 is 0 Å². The van der Waals surface area contributed by atoms with Gasteiger partial charge < -0.3 is 0 Å². The van der Waals surface area contributed by atoms with E-state index in [1.54, 1.807) is 0 Å². The fourth-order valence-electron chi connectivity index (χ4n) is 4.59. The van der Waals surface area contributed by atoms with Crippen molar-refractivity contribution in [1.29, 1.82) is 0 Å². The Morgan fingerprint density at radius 2 is 0.622 bits per heavy atom. The lowest BCUT2D eigenvalue weighted by atomic mass is 10.0. The number of carbonyl (C=O) groups excluding carboxylic acids is 2. The van der Waals surface area contributed by atoms with Crippen LogP contribution in [0.2, 0.25) is 0 Å². The van der Waals surface area contributed by atoms with E-state index in [4.69, 9.17) is 0 Å². The third-order valence-corrected chi connectivity index (χ3v) is 6.86. The zero-order valence-corrected chi connectivity index (χ0v) is 30.1. The quantitative estimate of drug-likeness (QED) is 0.180. The minimum Gasteiger partial charge on any atom is -0.300 e. The lowest BCUT2D eigenvalue weighted by molar-refractivity contribution is -0.120. The van der Waals surface area contributed by atoms with Crippen LogP contribution < -0.4 is 0 Å². The third-order valence-electron chi connectivity index (χ3n) is 6.86. The number of carbonyl (C=O) groups is 2. The Kier molecular flexibility index (Phi) is 37.5. The van der Waals surface area contributed by atoms with Gasteiger partial charge in [0.1, 0.15) is 11.6 Å². The molecule has 0 bridgehead atoms. The molecule has 216 valence electrons. The topological polar surface area (TPSA) is 34.1 Å². The number of allylic oxidation sites excluding steroid dienone is 6. The van der Waals surface area contributed by atoms with Crippen LogP contribution in [0.1, 0.15) is 154 Å². The van der Waals surface area contributed by atoms with E-state index in [1.165, 1.54) is 96.3 Å². The molecule has 0 saturated carbocycles. The Bertz CT molecular complexity index is 585. The van der Waals surface area contributed by atoms with Crippen molar-refractivity contribution in [2.24, 2.45) is 0 Å². The van der Waals surface area contributed by atoms with Gasteiger partial charge in [-0.1, -0.05) is 87.8 Å². The molecule has 2 aliphatic carbocycles. The second-order valence-electron chi connectivity index (χ2n) is 10.2. The molecule has 2 rings (SSSR count). The minimum atomic E-state index is 0. The zero-order chi connectivity index (χ0) is 26.4. The summed E-state index contributed by atoms with van der Waals surface area (Å²) in [5.41, 5.74) is 0. The molecule has 0 saturated heterocycles. The molecule has 0 atom stereocenters. The molecular formula is C32H55I3O2. The van der Waals surface area contributed by atoms with E-state index in [0.717, 1.165) is 57.8 Å². The van der Waals surface area contributed by atoms with Crippen LogP contribution in [0.25, 0.3) is 0 Å². The molecule has 0 aromatic heterocycles. The maximum absolute atomic E-state index is 11.6. The van der Waals surface area contributed by atoms with Gasteiger partial charge in [0, 0.05) is 62.9 Å². The molecule has 0 heterocycles. The Morgan fingerprint density at radius 3 is 0.973 bits per heavy atom. The summed E-state index contributed by atoms with van der Waals surface area (Å²) in [4.78, 5) is 23.1. The molecule has 5 heteroatoms. The van der Waals surface area contributed by atoms with Gasteiger partial charge in [-0.25, -0.2) is 0 Å². The lowest BCUT2D eigenvalue weighted by Crippen LogP contribution is -1.97. The second kappa shape index (κ2) is 34.8. The highest BCUT2D eigenvalue weighted by Gasteiger charge is 2.03. The van der Waals surface area contributed by atoms with Gasteiger partial charge in [0.05, 0.1) is 0 Å². The Labute approximate surface area is 270 Å². The van der Waals surface area contributed by atoms with Crippen LogP contribution in [-0.2, 0) is 9.59 Å². The summed E-state index contributed by atoms with van der Waals surface area (Å²) >= 11 is 4.24. The maximum Gasteiger partial charge on any atom is 0.132 e. The van der Waals surface area contributed by atoms with Crippen LogP contribution in [-0.4, -0.2) is 11.6 Å². The first kappa shape index (κ1) is 39.9. The molecule has 0 radical (unpaired) electrons. The first-order valence-electron chi connectivity index (χ1n) is 14.9. The molecular weight excluding hydrogens is 797 g/mol. The van der Waals surface area contributed by atoms with Crippen LogP contribution in [0.3, 0.4) is 0 Å².